The molecule has 1 unspecified atom stereocenters. The van der Waals surface area contributed by atoms with Crippen molar-refractivity contribution >= 4 is 29.0 Å². The summed E-state index contributed by atoms with van der Waals surface area (Å²) in [4.78, 5) is 27.4. The highest BCUT2D eigenvalue weighted by atomic mass is 32.1. The lowest BCUT2D eigenvalue weighted by Gasteiger charge is -2.36. The summed E-state index contributed by atoms with van der Waals surface area (Å²) >= 11 is 1.66. The Bertz CT molecular complexity index is 730. The van der Waals surface area contributed by atoms with Gasteiger partial charge in [-0.1, -0.05) is 24.3 Å². The fraction of sp³-hybridized carbons (Fsp3) is 0.368. The van der Waals surface area contributed by atoms with E-state index in [4.69, 9.17) is 0 Å². The summed E-state index contributed by atoms with van der Waals surface area (Å²) in [6.45, 7) is 2.82. The Hall–Kier alpha value is -2.34. The molecule has 3 rings (SSSR count). The van der Waals surface area contributed by atoms with Crippen LogP contribution in [0.5, 0.6) is 0 Å². The number of amides is 3. The second-order valence-electron chi connectivity index (χ2n) is 6.28. The van der Waals surface area contributed by atoms with Gasteiger partial charge in [-0.15, -0.1) is 11.3 Å². The number of para-hydroxylation sites is 1. The first-order valence-corrected chi connectivity index (χ1v) is 9.46. The number of rotatable bonds is 5. The molecule has 6 heteroatoms. The molecule has 0 spiro atoms. The van der Waals surface area contributed by atoms with Gasteiger partial charge in [-0.05, 0) is 49.3 Å². The van der Waals surface area contributed by atoms with Gasteiger partial charge >= 0.3 is 6.03 Å². The second-order valence-corrected chi connectivity index (χ2v) is 7.31. The van der Waals surface area contributed by atoms with Crippen molar-refractivity contribution in [3.63, 3.8) is 0 Å². The lowest BCUT2D eigenvalue weighted by molar-refractivity contribution is -0.118. The molecule has 0 bridgehead atoms. The van der Waals surface area contributed by atoms with E-state index in [9.17, 15) is 9.59 Å². The minimum Gasteiger partial charge on any atom is -0.359 e. The molecular weight excluding hydrogens is 334 g/mol. The maximum Gasteiger partial charge on any atom is 0.321 e. The lowest BCUT2D eigenvalue weighted by Crippen LogP contribution is -2.48. The highest BCUT2D eigenvalue weighted by Crippen LogP contribution is 2.29. The van der Waals surface area contributed by atoms with Gasteiger partial charge in [0.2, 0.25) is 5.91 Å². The number of benzene rings is 1. The summed E-state index contributed by atoms with van der Waals surface area (Å²) in [5.41, 5.74) is 2.35. The summed E-state index contributed by atoms with van der Waals surface area (Å²) in [6, 6.07) is 12.0. The Morgan fingerprint density at radius 1 is 1.24 bits per heavy atom. The molecule has 0 saturated heterocycles. The zero-order chi connectivity index (χ0) is 17.6. The molecule has 132 valence electrons. The number of carbonyl (C=O) groups excluding carboxylic acids is 2. The van der Waals surface area contributed by atoms with Crippen LogP contribution < -0.4 is 15.5 Å². The van der Waals surface area contributed by atoms with Crippen molar-refractivity contribution in [2.45, 2.75) is 32.2 Å². The summed E-state index contributed by atoms with van der Waals surface area (Å²) < 4.78 is 0. The molecule has 0 saturated carbocycles. The summed E-state index contributed by atoms with van der Waals surface area (Å²) in [6.07, 6.45) is 2.81. The quantitative estimate of drug-likeness (QED) is 0.865. The molecule has 3 amide bonds. The Balaban J connectivity index is 1.49. The Morgan fingerprint density at radius 2 is 2.08 bits per heavy atom. The monoisotopic (exact) mass is 357 g/mol. The van der Waals surface area contributed by atoms with Crippen LogP contribution in [0.4, 0.5) is 10.5 Å². The van der Waals surface area contributed by atoms with Crippen LogP contribution in [0.25, 0.3) is 0 Å². The van der Waals surface area contributed by atoms with E-state index in [1.54, 1.807) is 11.3 Å². The molecule has 1 aliphatic heterocycles. The second kappa shape index (κ2) is 8.16. The van der Waals surface area contributed by atoms with Crippen molar-refractivity contribution in [1.82, 2.24) is 10.6 Å². The molecule has 2 aromatic rings. The van der Waals surface area contributed by atoms with E-state index in [0.29, 0.717) is 6.54 Å². The van der Waals surface area contributed by atoms with E-state index < -0.39 is 6.03 Å². The van der Waals surface area contributed by atoms with Gasteiger partial charge in [0, 0.05) is 23.2 Å². The van der Waals surface area contributed by atoms with Gasteiger partial charge in [0.25, 0.3) is 0 Å². The SMILES string of the molecule is CC1CCc2ccccc2N1CC(=O)NC(=O)NCCc1cccs1. The van der Waals surface area contributed by atoms with E-state index in [2.05, 4.69) is 28.5 Å². The molecule has 25 heavy (non-hydrogen) atoms. The third-order valence-electron chi connectivity index (χ3n) is 4.47. The molecule has 0 radical (unpaired) electrons. The minimum absolute atomic E-state index is 0.191. The first-order chi connectivity index (χ1) is 12.1. The predicted molar refractivity (Wildman–Crippen MR) is 101 cm³/mol. The van der Waals surface area contributed by atoms with Gasteiger partial charge in [0.05, 0.1) is 6.54 Å². The Labute approximate surface area is 152 Å². The van der Waals surface area contributed by atoms with Crippen LogP contribution in [0.15, 0.2) is 41.8 Å². The van der Waals surface area contributed by atoms with Crippen molar-refractivity contribution in [2.75, 3.05) is 18.0 Å². The molecule has 5 nitrogen and oxygen atoms in total. The highest BCUT2D eigenvalue weighted by molar-refractivity contribution is 7.09. The van der Waals surface area contributed by atoms with Gasteiger partial charge in [0.15, 0.2) is 0 Å². The van der Waals surface area contributed by atoms with E-state index in [1.165, 1.54) is 10.4 Å². The predicted octanol–water partition coefficient (Wildman–Crippen LogP) is 2.96. The minimum atomic E-state index is -0.431. The number of aryl methyl sites for hydroxylation is 1. The van der Waals surface area contributed by atoms with Crippen molar-refractivity contribution in [3.8, 4) is 0 Å². The van der Waals surface area contributed by atoms with Crippen LogP contribution in [-0.4, -0.2) is 31.1 Å². The Kier molecular flexibility index (Phi) is 5.71. The molecule has 0 aliphatic carbocycles. The van der Waals surface area contributed by atoms with Crippen LogP contribution in [0.1, 0.15) is 23.8 Å². The molecule has 2 N–H and O–H groups in total. The van der Waals surface area contributed by atoms with Crippen molar-refractivity contribution < 1.29 is 9.59 Å². The molecule has 0 fully saturated rings. The molecule has 1 aromatic carbocycles. The zero-order valence-corrected chi connectivity index (χ0v) is 15.1. The van der Waals surface area contributed by atoms with Gasteiger partial charge in [-0.25, -0.2) is 4.79 Å². The average Bonchev–Trinajstić information content (AvgIpc) is 3.11. The lowest BCUT2D eigenvalue weighted by atomic mass is 9.97. The van der Waals surface area contributed by atoms with Gasteiger partial charge in [-0.3, -0.25) is 10.1 Å². The number of hydrogen-bond acceptors (Lipinski definition) is 4. The third kappa shape index (κ3) is 4.60. The fourth-order valence-corrected chi connectivity index (χ4v) is 3.83. The first kappa shape index (κ1) is 17.5. The van der Waals surface area contributed by atoms with Gasteiger partial charge in [0.1, 0.15) is 0 Å². The molecule has 2 heterocycles. The third-order valence-corrected chi connectivity index (χ3v) is 5.40. The molecule has 1 aromatic heterocycles. The summed E-state index contributed by atoms with van der Waals surface area (Å²) in [5, 5.41) is 7.18. The van der Waals surface area contributed by atoms with Crippen molar-refractivity contribution in [3.05, 3.63) is 52.2 Å². The van der Waals surface area contributed by atoms with Crippen molar-refractivity contribution in [2.24, 2.45) is 0 Å². The molecule has 1 atom stereocenters. The maximum atomic E-state index is 12.3. The number of anilines is 1. The highest BCUT2D eigenvalue weighted by Gasteiger charge is 2.24. The number of urea groups is 1. The summed E-state index contributed by atoms with van der Waals surface area (Å²) in [7, 11) is 0. The maximum absolute atomic E-state index is 12.3. The number of nitrogens with one attached hydrogen (secondary N) is 2. The van der Waals surface area contributed by atoms with Crippen LogP contribution in [0.3, 0.4) is 0 Å². The normalized spacial score (nSPS) is 16.2. The Morgan fingerprint density at radius 3 is 2.88 bits per heavy atom. The smallest absolute Gasteiger partial charge is 0.321 e. The van der Waals surface area contributed by atoms with Crippen LogP contribution in [0, 0.1) is 0 Å². The van der Waals surface area contributed by atoms with Crippen LogP contribution in [-0.2, 0) is 17.6 Å². The number of fused-ring (bicyclic) bond motifs is 1. The van der Waals surface area contributed by atoms with E-state index in [1.807, 2.05) is 35.7 Å². The number of imide groups is 1. The van der Waals surface area contributed by atoms with Crippen LogP contribution in [0.2, 0.25) is 0 Å². The van der Waals surface area contributed by atoms with Crippen LogP contribution >= 0.6 is 11.3 Å². The number of nitrogens with zero attached hydrogens (tertiary/aromatic N) is 1. The molecular formula is C19H23N3O2S. The number of thiophene rings is 1. The topological polar surface area (TPSA) is 61.4 Å². The number of hydrogen-bond donors (Lipinski definition) is 2. The average molecular weight is 357 g/mol. The fourth-order valence-electron chi connectivity index (χ4n) is 3.12. The van der Waals surface area contributed by atoms with Gasteiger partial charge < -0.3 is 10.2 Å². The standard InChI is InChI=1S/C19H23N3O2S/c1-14-8-9-15-5-2-3-7-17(15)22(14)13-18(23)21-19(24)20-11-10-16-6-4-12-25-16/h2-7,12,14H,8-11,13H2,1H3,(H2,20,21,23,24). The summed E-state index contributed by atoms with van der Waals surface area (Å²) in [5.74, 6) is -0.280. The van der Waals surface area contributed by atoms with Gasteiger partial charge in [-0.2, -0.15) is 0 Å². The van der Waals surface area contributed by atoms with E-state index in [-0.39, 0.29) is 18.5 Å². The van der Waals surface area contributed by atoms with E-state index >= 15 is 0 Å². The molecule has 1 aliphatic rings. The van der Waals surface area contributed by atoms with E-state index in [0.717, 1.165) is 24.9 Å². The van der Waals surface area contributed by atoms with Crippen molar-refractivity contribution in [1.29, 1.82) is 0 Å². The zero-order valence-electron chi connectivity index (χ0n) is 14.3. The first-order valence-electron chi connectivity index (χ1n) is 8.58. The number of carbonyl (C=O) groups is 2. The largest absolute Gasteiger partial charge is 0.359 e.